The number of aromatic amines is 1. The van der Waals surface area contributed by atoms with Crippen molar-refractivity contribution in [2.24, 2.45) is 0 Å². The molecule has 8 heteroatoms. The maximum atomic E-state index is 12.3. The van der Waals surface area contributed by atoms with E-state index in [0.29, 0.717) is 35.8 Å². The molecular weight excluding hydrogens is 332 g/mol. The van der Waals surface area contributed by atoms with E-state index in [1.165, 1.54) is 0 Å². The minimum Gasteiger partial charge on any atom is -0.354 e. The normalized spacial score (nSPS) is 10.8. The summed E-state index contributed by atoms with van der Waals surface area (Å²) in [6, 6.07) is 9.64. The molecule has 0 amide bonds. The third-order valence-corrected chi connectivity index (χ3v) is 3.75. The summed E-state index contributed by atoms with van der Waals surface area (Å²) in [6.45, 7) is 3.24. The monoisotopic (exact) mass is 354 g/mol. The molecule has 136 valence electrons. The van der Waals surface area contributed by atoms with Gasteiger partial charge in [-0.05, 0) is 37.1 Å². The minimum absolute atomic E-state index is 0.230. The molecule has 0 aliphatic rings. The van der Waals surface area contributed by atoms with Gasteiger partial charge in [-0.15, -0.1) is 0 Å². The average Bonchev–Trinajstić information content (AvgIpc) is 2.61. The number of aryl methyl sites for hydroxylation is 1. The highest BCUT2D eigenvalue weighted by molar-refractivity contribution is 5.90. The Balaban J connectivity index is 1.90. The first-order valence-electron chi connectivity index (χ1n) is 8.43. The Kier molecular flexibility index (Phi) is 5.77. The Labute approximate surface area is 151 Å². The highest BCUT2D eigenvalue weighted by Crippen LogP contribution is 2.22. The van der Waals surface area contributed by atoms with Crippen molar-refractivity contribution in [1.82, 2.24) is 20.4 Å². The molecule has 0 atom stereocenters. The molecule has 0 bridgehead atoms. The van der Waals surface area contributed by atoms with Crippen molar-refractivity contribution >= 4 is 28.4 Å². The summed E-state index contributed by atoms with van der Waals surface area (Å²) in [4.78, 5) is 29.0. The number of aromatic nitrogens is 3. The number of anilines is 3. The molecule has 3 aromatic rings. The molecule has 0 aliphatic heterocycles. The summed E-state index contributed by atoms with van der Waals surface area (Å²) in [7, 11) is 1.72. The number of benzene rings is 1. The molecule has 0 aliphatic carbocycles. The van der Waals surface area contributed by atoms with Gasteiger partial charge in [-0.3, -0.25) is 4.79 Å². The lowest BCUT2D eigenvalue weighted by molar-refractivity contribution is 0.0578. The van der Waals surface area contributed by atoms with E-state index in [4.69, 9.17) is 4.84 Å². The van der Waals surface area contributed by atoms with Gasteiger partial charge in [-0.2, -0.15) is 4.98 Å². The van der Waals surface area contributed by atoms with Gasteiger partial charge < -0.3 is 20.5 Å². The van der Waals surface area contributed by atoms with Crippen LogP contribution in [0.1, 0.15) is 12.0 Å². The van der Waals surface area contributed by atoms with Crippen LogP contribution in [-0.2, 0) is 4.84 Å². The molecule has 0 saturated heterocycles. The van der Waals surface area contributed by atoms with Crippen LogP contribution in [0, 0.1) is 6.92 Å². The van der Waals surface area contributed by atoms with Crippen LogP contribution in [0.15, 0.2) is 41.3 Å². The van der Waals surface area contributed by atoms with Gasteiger partial charge in [0.2, 0.25) is 5.95 Å². The van der Waals surface area contributed by atoms with Crippen LogP contribution in [0.3, 0.4) is 0 Å². The minimum atomic E-state index is -0.230. The van der Waals surface area contributed by atoms with Gasteiger partial charge in [0, 0.05) is 25.5 Å². The highest BCUT2D eigenvalue weighted by atomic mass is 16.6. The zero-order chi connectivity index (χ0) is 18.4. The maximum Gasteiger partial charge on any atom is 0.261 e. The summed E-state index contributed by atoms with van der Waals surface area (Å²) in [5.74, 6) is 0.930. The van der Waals surface area contributed by atoms with Crippen LogP contribution in [-0.4, -0.2) is 35.2 Å². The fourth-order valence-corrected chi connectivity index (χ4v) is 2.57. The van der Waals surface area contributed by atoms with E-state index in [2.05, 4.69) is 31.1 Å². The standard InChI is InChI=1S/C18H22N6O2/c1-12-5-3-6-13(11-12)22-16-15-14(7-9-20-17(15)25)23-18(24-16)21-8-4-10-26-19-2/h3,5-7,9,11,19H,4,8,10H2,1-2H3,(H,20,25)(H2,21,22,23,24). The van der Waals surface area contributed by atoms with Crippen molar-refractivity contribution in [2.75, 3.05) is 30.8 Å². The fourth-order valence-electron chi connectivity index (χ4n) is 2.57. The Morgan fingerprint density at radius 2 is 2.12 bits per heavy atom. The third-order valence-electron chi connectivity index (χ3n) is 3.75. The summed E-state index contributed by atoms with van der Waals surface area (Å²) >= 11 is 0. The zero-order valence-corrected chi connectivity index (χ0v) is 14.8. The molecule has 0 spiro atoms. The molecule has 2 aromatic heterocycles. The van der Waals surface area contributed by atoms with E-state index in [1.54, 1.807) is 19.3 Å². The van der Waals surface area contributed by atoms with Gasteiger partial charge in [0.15, 0.2) is 0 Å². The molecule has 1 aromatic carbocycles. The molecule has 2 heterocycles. The third kappa shape index (κ3) is 4.35. The molecule has 0 saturated carbocycles. The van der Waals surface area contributed by atoms with Crippen molar-refractivity contribution in [1.29, 1.82) is 0 Å². The van der Waals surface area contributed by atoms with Gasteiger partial charge in [0.05, 0.1) is 12.1 Å². The van der Waals surface area contributed by atoms with E-state index in [-0.39, 0.29) is 5.56 Å². The van der Waals surface area contributed by atoms with Gasteiger partial charge in [0.1, 0.15) is 11.2 Å². The van der Waals surface area contributed by atoms with Crippen molar-refractivity contribution in [3.05, 3.63) is 52.4 Å². The number of hydroxylamine groups is 1. The smallest absolute Gasteiger partial charge is 0.261 e. The van der Waals surface area contributed by atoms with Crippen LogP contribution < -0.4 is 21.7 Å². The van der Waals surface area contributed by atoms with Crippen LogP contribution >= 0.6 is 0 Å². The van der Waals surface area contributed by atoms with Crippen LogP contribution in [0.25, 0.3) is 10.9 Å². The predicted octanol–water partition coefficient (Wildman–Crippen LogP) is 2.32. The quantitative estimate of drug-likeness (QED) is 0.363. The lowest BCUT2D eigenvalue weighted by atomic mass is 10.2. The summed E-state index contributed by atoms with van der Waals surface area (Å²) in [6.07, 6.45) is 2.37. The molecule has 0 radical (unpaired) electrons. The van der Waals surface area contributed by atoms with Gasteiger partial charge in [0.25, 0.3) is 5.56 Å². The molecule has 0 unspecified atom stereocenters. The average molecular weight is 354 g/mol. The van der Waals surface area contributed by atoms with Crippen LogP contribution in [0.5, 0.6) is 0 Å². The second-order valence-corrected chi connectivity index (χ2v) is 5.79. The molecule has 26 heavy (non-hydrogen) atoms. The lowest BCUT2D eigenvalue weighted by Gasteiger charge is -2.12. The first-order chi connectivity index (χ1) is 12.7. The van der Waals surface area contributed by atoms with Crippen molar-refractivity contribution in [2.45, 2.75) is 13.3 Å². The fraction of sp³-hybridized carbons (Fsp3) is 0.278. The van der Waals surface area contributed by atoms with E-state index < -0.39 is 0 Å². The van der Waals surface area contributed by atoms with E-state index in [0.717, 1.165) is 17.7 Å². The predicted molar refractivity (Wildman–Crippen MR) is 103 cm³/mol. The lowest BCUT2D eigenvalue weighted by Crippen LogP contribution is -2.15. The number of fused-ring (bicyclic) bond motifs is 1. The number of nitrogens with one attached hydrogen (secondary N) is 4. The van der Waals surface area contributed by atoms with Gasteiger partial charge in [-0.1, -0.05) is 12.1 Å². The number of hydrogen-bond acceptors (Lipinski definition) is 7. The Bertz CT molecular complexity index is 940. The highest BCUT2D eigenvalue weighted by Gasteiger charge is 2.11. The molecular formula is C18H22N6O2. The van der Waals surface area contributed by atoms with Crippen molar-refractivity contribution < 1.29 is 4.84 Å². The number of H-pyrrole nitrogens is 1. The van der Waals surface area contributed by atoms with Crippen molar-refractivity contribution in [3.8, 4) is 0 Å². The van der Waals surface area contributed by atoms with Crippen LogP contribution in [0.2, 0.25) is 0 Å². The second kappa shape index (κ2) is 8.41. The molecule has 4 N–H and O–H groups in total. The SMILES string of the molecule is CNOCCCNc1nc(Nc2cccc(C)c2)c2c(=O)[nH]ccc2n1. The Morgan fingerprint density at radius 1 is 1.23 bits per heavy atom. The Hall–Kier alpha value is -2.97. The number of pyridine rings is 1. The van der Waals surface area contributed by atoms with Crippen molar-refractivity contribution in [3.63, 3.8) is 0 Å². The molecule has 8 nitrogen and oxygen atoms in total. The van der Waals surface area contributed by atoms with E-state index >= 15 is 0 Å². The summed E-state index contributed by atoms with van der Waals surface area (Å²) in [5.41, 5.74) is 4.96. The van der Waals surface area contributed by atoms with Gasteiger partial charge in [-0.25, -0.2) is 10.5 Å². The maximum absolute atomic E-state index is 12.3. The van der Waals surface area contributed by atoms with E-state index in [9.17, 15) is 4.79 Å². The second-order valence-electron chi connectivity index (χ2n) is 5.79. The molecule has 3 rings (SSSR count). The first-order valence-corrected chi connectivity index (χ1v) is 8.43. The summed E-state index contributed by atoms with van der Waals surface area (Å²) < 4.78 is 0. The van der Waals surface area contributed by atoms with Gasteiger partial charge >= 0.3 is 0 Å². The number of nitrogens with zero attached hydrogens (tertiary/aromatic N) is 2. The molecule has 0 fully saturated rings. The number of rotatable bonds is 8. The first kappa shape index (κ1) is 17.8. The zero-order valence-electron chi connectivity index (χ0n) is 14.8. The Morgan fingerprint density at radius 3 is 2.92 bits per heavy atom. The summed E-state index contributed by atoms with van der Waals surface area (Å²) in [5, 5.41) is 6.83. The number of hydrogen-bond donors (Lipinski definition) is 4. The van der Waals surface area contributed by atoms with Crippen LogP contribution in [0.4, 0.5) is 17.5 Å². The largest absolute Gasteiger partial charge is 0.354 e. The van der Waals surface area contributed by atoms with E-state index in [1.807, 2.05) is 31.2 Å². The topological polar surface area (TPSA) is 104 Å².